The van der Waals surface area contributed by atoms with Crippen LogP contribution in [0.3, 0.4) is 0 Å². The molecule has 0 saturated heterocycles. The monoisotopic (exact) mass is 166 g/mol. The molecule has 12 heavy (non-hydrogen) atoms. The van der Waals surface area contributed by atoms with Crippen molar-refractivity contribution in [1.29, 1.82) is 0 Å². The normalized spacial score (nSPS) is 9.08. The molecule has 0 unspecified atom stereocenters. The van der Waals surface area contributed by atoms with Crippen molar-refractivity contribution in [3.63, 3.8) is 0 Å². The first kappa shape index (κ1) is 11.0. The molecule has 1 heterocycles. The minimum absolute atomic E-state index is 0.419. The Kier molecular flexibility index (Phi) is 5.09. The summed E-state index contributed by atoms with van der Waals surface area (Å²) in [6, 6.07) is 2.37. The summed E-state index contributed by atoms with van der Waals surface area (Å²) in [6.45, 7) is 11.9. The van der Waals surface area contributed by atoms with Crippen molar-refractivity contribution in [1.82, 2.24) is 9.78 Å². The quantitative estimate of drug-likeness (QED) is 0.660. The van der Waals surface area contributed by atoms with Crippen LogP contribution in [0.1, 0.15) is 39.4 Å². The average Bonchev–Trinajstić information content (AvgIpc) is 2.55. The average molecular weight is 166 g/mol. The molecule has 1 rings (SSSR count). The molecule has 2 heteroatoms. The third-order valence-electron chi connectivity index (χ3n) is 1.40. The van der Waals surface area contributed by atoms with Crippen LogP contribution in [0.15, 0.2) is 18.8 Å². The molecule has 0 fully saturated rings. The zero-order chi connectivity index (χ0) is 9.56. The molecule has 0 aliphatic heterocycles. The van der Waals surface area contributed by atoms with Crippen LogP contribution in [0, 0.1) is 0 Å². The van der Waals surface area contributed by atoms with Crippen molar-refractivity contribution >= 4 is 6.08 Å². The highest BCUT2D eigenvalue weighted by Gasteiger charge is 2.00. The molecule has 0 N–H and O–H groups in total. The minimum Gasteiger partial charge on any atom is -0.263 e. The lowest BCUT2D eigenvalue weighted by atomic mass is 10.3. The van der Waals surface area contributed by atoms with Gasteiger partial charge in [0.05, 0.1) is 5.69 Å². The molecular weight excluding hydrogens is 148 g/mol. The van der Waals surface area contributed by atoms with Crippen LogP contribution in [0.4, 0.5) is 0 Å². The molecule has 0 bridgehead atoms. The van der Waals surface area contributed by atoms with Crippen LogP contribution < -0.4 is 0 Å². The Hall–Kier alpha value is -1.05. The fourth-order valence-electron chi connectivity index (χ4n) is 0.918. The number of rotatable bonds is 2. The molecule has 0 atom stereocenters. The standard InChI is InChI=1S/C8H12N2.C2H6/c1-4-8-5-6-9-10(8)7(2)3;1-2/h4-7H,1H2,2-3H3;1-2H3. The van der Waals surface area contributed by atoms with Crippen LogP contribution in [0.2, 0.25) is 0 Å². The predicted molar refractivity (Wildman–Crippen MR) is 54.1 cm³/mol. The van der Waals surface area contributed by atoms with Gasteiger partial charge in [-0.2, -0.15) is 5.10 Å². The van der Waals surface area contributed by atoms with E-state index in [1.165, 1.54) is 0 Å². The summed E-state index contributed by atoms with van der Waals surface area (Å²) in [7, 11) is 0. The second-order valence-electron chi connectivity index (χ2n) is 2.50. The molecule has 1 aromatic heterocycles. The van der Waals surface area contributed by atoms with E-state index in [-0.39, 0.29) is 0 Å². The van der Waals surface area contributed by atoms with E-state index in [9.17, 15) is 0 Å². The van der Waals surface area contributed by atoms with Gasteiger partial charge in [0.25, 0.3) is 0 Å². The van der Waals surface area contributed by atoms with E-state index >= 15 is 0 Å². The van der Waals surface area contributed by atoms with E-state index in [1.54, 1.807) is 6.20 Å². The Morgan fingerprint density at radius 2 is 2.08 bits per heavy atom. The summed E-state index contributed by atoms with van der Waals surface area (Å²) in [6.07, 6.45) is 3.60. The molecule has 0 aliphatic carbocycles. The van der Waals surface area contributed by atoms with E-state index in [0.717, 1.165) is 5.69 Å². The first-order chi connectivity index (χ1) is 5.75. The SMILES string of the molecule is C=Cc1ccnn1C(C)C.CC. The Bertz CT molecular complexity index is 223. The lowest BCUT2D eigenvalue weighted by Gasteiger charge is -2.06. The van der Waals surface area contributed by atoms with Gasteiger partial charge in [-0.3, -0.25) is 4.68 Å². The topological polar surface area (TPSA) is 17.8 Å². The van der Waals surface area contributed by atoms with E-state index in [1.807, 2.05) is 30.7 Å². The minimum atomic E-state index is 0.419. The first-order valence-corrected chi connectivity index (χ1v) is 4.41. The van der Waals surface area contributed by atoms with Crippen molar-refractivity contribution in [3.05, 3.63) is 24.5 Å². The van der Waals surface area contributed by atoms with E-state index in [0.29, 0.717) is 6.04 Å². The van der Waals surface area contributed by atoms with Crippen molar-refractivity contribution in [2.45, 2.75) is 33.7 Å². The summed E-state index contributed by atoms with van der Waals surface area (Å²) < 4.78 is 1.94. The van der Waals surface area contributed by atoms with E-state index in [4.69, 9.17) is 0 Å². The van der Waals surface area contributed by atoms with Gasteiger partial charge in [0.15, 0.2) is 0 Å². The summed E-state index contributed by atoms with van der Waals surface area (Å²) in [5, 5.41) is 4.13. The predicted octanol–water partition coefficient (Wildman–Crippen LogP) is 3.13. The summed E-state index contributed by atoms with van der Waals surface area (Å²) in [5.74, 6) is 0. The van der Waals surface area contributed by atoms with E-state index in [2.05, 4.69) is 25.5 Å². The van der Waals surface area contributed by atoms with Gasteiger partial charge in [-0.05, 0) is 26.0 Å². The molecular formula is C10H18N2. The lowest BCUT2D eigenvalue weighted by Crippen LogP contribution is -2.03. The molecule has 0 aliphatic rings. The van der Waals surface area contributed by atoms with Crippen molar-refractivity contribution < 1.29 is 0 Å². The molecule has 68 valence electrons. The maximum Gasteiger partial charge on any atom is 0.0607 e. The third-order valence-corrected chi connectivity index (χ3v) is 1.40. The largest absolute Gasteiger partial charge is 0.263 e. The zero-order valence-corrected chi connectivity index (χ0v) is 8.41. The Labute approximate surface area is 74.9 Å². The van der Waals surface area contributed by atoms with Gasteiger partial charge in [0.1, 0.15) is 0 Å². The van der Waals surface area contributed by atoms with Gasteiger partial charge in [0, 0.05) is 12.2 Å². The van der Waals surface area contributed by atoms with Crippen LogP contribution >= 0.6 is 0 Å². The highest BCUT2D eigenvalue weighted by atomic mass is 15.3. The summed E-state index contributed by atoms with van der Waals surface area (Å²) in [5.41, 5.74) is 1.08. The lowest BCUT2D eigenvalue weighted by molar-refractivity contribution is 0.528. The number of aromatic nitrogens is 2. The Balaban J connectivity index is 0.000000561. The van der Waals surface area contributed by atoms with Gasteiger partial charge < -0.3 is 0 Å². The Morgan fingerprint density at radius 3 is 2.42 bits per heavy atom. The van der Waals surface area contributed by atoms with Crippen LogP contribution in [-0.4, -0.2) is 9.78 Å². The smallest absolute Gasteiger partial charge is 0.0607 e. The van der Waals surface area contributed by atoms with Gasteiger partial charge in [-0.1, -0.05) is 20.4 Å². The summed E-state index contributed by atoms with van der Waals surface area (Å²) in [4.78, 5) is 0. The number of hydrogen-bond acceptors (Lipinski definition) is 1. The van der Waals surface area contributed by atoms with Crippen LogP contribution in [0.25, 0.3) is 6.08 Å². The third kappa shape index (κ3) is 2.53. The molecule has 0 aromatic carbocycles. The van der Waals surface area contributed by atoms with Gasteiger partial charge in [-0.25, -0.2) is 0 Å². The summed E-state index contributed by atoms with van der Waals surface area (Å²) >= 11 is 0. The van der Waals surface area contributed by atoms with Gasteiger partial charge in [-0.15, -0.1) is 0 Å². The van der Waals surface area contributed by atoms with Crippen LogP contribution in [0.5, 0.6) is 0 Å². The van der Waals surface area contributed by atoms with Crippen LogP contribution in [-0.2, 0) is 0 Å². The first-order valence-electron chi connectivity index (χ1n) is 4.41. The van der Waals surface area contributed by atoms with Crippen molar-refractivity contribution in [2.24, 2.45) is 0 Å². The highest BCUT2D eigenvalue weighted by molar-refractivity contribution is 5.40. The fourth-order valence-corrected chi connectivity index (χ4v) is 0.918. The second kappa shape index (κ2) is 5.58. The highest BCUT2D eigenvalue weighted by Crippen LogP contribution is 2.07. The molecule has 0 spiro atoms. The molecule has 1 aromatic rings. The maximum absolute atomic E-state index is 4.13. The zero-order valence-electron chi connectivity index (χ0n) is 8.41. The molecule has 0 radical (unpaired) electrons. The Morgan fingerprint density at radius 1 is 1.50 bits per heavy atom. The number of nitrogens with zero attached hydrogens (tertiary/aromatic N) is 2. The molecule has 0 amide bonds. The number of hydrogen-bond donors (Lipinski definition) is 0. The molecule has 2 nitrogen and oxygen atoms in total. The van der Waals surface area contributed by atoms with E-state index < -0.39 is 0 Å². The van der Waals surface area contributed by atoms with Gasteiger partial charge >= 0.3 is 0 Å². The fraction of sp³-hybridized carbons (Fsp3) is 0.500. The molecule has 0 saturated carbocycles. The van der Waals surface area contributed by atoms with Crippen molar-refractivity contribution in [2.75, 3.05) is 0 Å². The maximum atomic E-state index is 4.13. The second-order valence-corrected chi connectivity index (χ2v) is 2.50. The van der Waals surface area contributed by atoms with Crippen molar-refractivity contribution in [3.8, 4) is 0 Å². The van der Waals surface area contributed by atoms with Gasteiger partial charge in [0.2, 0.25) is 0 Å².